The maximum absolute atomic E-state index is 11.3. The Balaban J connectivity index is 1.69. The highest BCUT2D eigenvalue weighted by Gasteiger charge is 2.51. The Morgan fingerprint density at radius 3 is 2.86 bits per heavy atom. The lowest BCUT2D eigenvalue weighted by molar-refractivity contribution is -0.142. The molecule has 0 amide bonds. The van der Waals surface area contributed by atoms with E-state index in [1.165, 1.54) is 32.1 Å². The van der Waals surface area contributed by atoms with Crippen molar-refractivity contribution in [2.75, 3.05) is 0 Å². The topological polar surface area (TPSA) is 26.3 Å². The van der Waals surface area contributed by atoms with Crippen molar-refractivity contribution in [3.63, 3.8) is 0 Å². The van der Waals surface area contributed by atoms with E-state index in [0.717, 1.165) is 24.7 Å². The van der Waals surface area contributed by atoms with E-state index in [-0.39, 0.29) is 12.1 Å². The molecule has 0 aromatic carbocycles. The SMILES string of the molecule is C[C@H](CC1CCC(=O)O1)[C@H]1CCC2C(=CBr)CCC[C@@]21C. The molecule has 2 aliphatic carbocycles. The van der Waals surface area contributed by atoms with Crippen molar-refractivity contribution in [3.05, 3.63) is 10.6 Å². The van der Waals surface area contributed by atoms with Crippen molar-refractivity contribution < 1.29 is 9.53 Å². The fraction of sp³-hybridized carbons (Fsp3) is 0.833. The van der Waals surface area contributed by atoms with Gasteiger partial charge in [0.15, 0.2) is 0 Å². The van der Waals surface area contributed by atoms with Crippen LogP contribution in [0.4, 0.5) is 0 Å². The highest BCUT2D eigenvalue weighted by Crippen LogP contribution is 2.60. The zero-order valence-corrected chi connectivity index (χ0v) is 14.8. The first-order valence-electron chi connectivity index (χ1n) is 8.53. The Hall–Kier alpha value is -0.310. The van der Waals surface area contributed by atoms with Crippen molar-refractivity contribution in [1.29, 1.82) is 0 Å². The quantitative estimate of drug-likeness (QED) is 0.650. The van der Waals surface area contributed by atoms with Gasteiger partial charge in [-0.3, -0.25) is 4.79 Å². The van der Waals surface area contributed by atoms with Gasteiger partial charge in [0.05, 0.1) is 0 Å². The number of cyclic esters (lactones) is 1. The minimum Gasteiger partial charge on any atom is -0.462 e. The number of hydrogen-bond acceptors (Lipinski definition) is 2. The molecule has 0 bridgehead atoms. The van der Waals surface area contributed by atoms with Crippen molar-refractivity contribution in [2.45, 2.75) is 71.3 Å². The fourth-order valence-electron chi connectivity index (χ4n) is 5.47. The maximum Gasteiger partial charge on any atom is 0.306 e. The van der Waals surface area contributed by atoms with E-state index < -0.39 is 0 Å². The highest BCUT2D eigenvalue weighted by atomic mass is 79.9. The Bertz CT molecular complexity index is 444. The summed E-state index contributed by atoms with van der Waals surface area (Å²) in [6.07, 6.45) is 9.44. The lowest BCUT2D eigenvalue weighted by Crippen LogP contribution is -2.36. The summed E-state index contributed by atoms with van der Waals surface area (Å²) < 4.78 is 5.44. The molecule has 0 radical (unpaired) electrons. The lowest BCUT2D eigenvalue weighted by atomic mass is 9.61. The molecule has 3 fully saturated rings. The van der Waals surface area contributed by atoms with E-state index in [0.29, 0.717) is 17.8 Å². The predicted octanol–water partition coefficient (Wildman–Crippen LogP) is 5.21. The van der Waals surface area contributed by atoms with Crippen LogP contribution in [0.3, 0.4) is 0 Å². The zero-order valence-electron chi connectivity index (χ0n) is 13.2. The molecular weight excluding hydrogens is 328 g/mol. The monoisotopic (exact) mass is 354 g/mol. The minimum atomic E-state index is 0.00452. The number of ether oxygens (including phenoxy) is 1. The Kier molecular flexibility index (Phi) is 4.50. The third-order valence-electron chi connectivity index (χ3n) is 6.47. The summed E-state index contributed by atoms with van der Waals surface area (Å²) >= 11 is 3.59. The number of hydrogen-bond donors (Lipinski definition) is 0. The van der Waals surface area contributed by atoms with Gasteiger partial charge in [-0.25, -0.2) is 0 Å². The minimum absolute atomic E-state index is 0.00452. The standard InChI is InChI=1S/C18H27BrO2/c1-12(10-14-5-8-17(20)21-14)15-6-7-16-13(11-19)4-3-9-18(15,16)2/h11-12,14-16H,3-10H2,1-2H3/t12-,14?,15-,16?,18-/m1/s1. The largest absolute Gasteiger partial charge is 0.462 e. The fourth-order valence-corrected chi connectivity index (χ4v) is 6.02. The van der Waals surface area contributed by atoms with Crippen LogP contribution in [0.1, 0.15) is 65.2 Å². The summed E-state index contributed by atoms with van der Waals surface area (Å²) in [5.41, 5.74) is 2.09. The van der Waals surface area contributed by atoms with Gasteiger partial charge in [-0.15, -0.1) is 0 Å². The lowest BCUT2D eigenvalue weighted by Gasteiger charge is -2.44. The molecule has 3 aliphatic rings. The third kappa shape index (κ3) is 2.83. The predicted molar refractivity (Wildman–Crippen MR) is 88.1 cm³/mol. The summed E-state index contributed by atoms with van der Waals surface area (Å²) in [6, 6.07) is 0. The molecule has 0 aromatic rings. The first-order valence-corrected chi connectivity index (χ1v) is 9.45. The molecule has 1 aliphatic heterocycles. The molecule has 2 saturated carbocycles. The molecule has 3 heteroatoms. The number of halogens is 1. The second kappa shape index (κ2) is 6.06. The van der Waals surface area contributed by atoms with Crippen LogP contribution in [0.15, 0.2) is 10.6 Å². The number of esters is 1. The van der Waals surface area contributed by atoms with E-state index in [1.807, 2.05) is 0 Å². The number of allylic oxidation sites excluding steroid dienone is 1. The maximum atomic E-state index is 11.3. The van der Waals surface area contributed by atoms with Crippen molar-refractivity contribution in [2.24, 2.45) is 23.2 Å². The molecule has 3 rings (SSSR count). The smallest absolute Gasteiger partial charge is 0.306 e. The third-order valence-corrected chi connectivity index (χ3v) is 7.06. The van der Waals surface area contributed by atoms with Gasteiger partial charge in [0, 0.05) is 6.42 Å². The molecule has 0 N–H and O–H groups in total. The molecular formula is C18H27BrO2. The van der Waals surface area contributed by atoms with Crippen LogP contribution < -0.4 is 0 Å². The summed E-state index contributed by atoms with van der Waals surface area (Å²) in [7, 11) is 0. The normalized spacial score (nSPS) is 42.9. The van der Waals surface area contributed by atoms with Gasteiger partial charge < -0.3 is 4.74 Å². The molecule has 0 spiro atoms. The van der Waals surface area contributed by atoms with Crippen LogP contribution in [0.2, 0.25) is 0 Å². The highest BCUT2D eigenvalue weighted by molar-refractivity contribution is 9.11. The van der Waals surface area contributed by atoms with Gasteiger partial charge in [0.1, 0.15) is 6.10 Å². The van der Waals surface area contributed by atoms with Gasteiger partial charge in [0.2, 0.25) is 0 Å². The van der Waals surface area contributed by atoms with Crippen LogP contribution in [0.25, 0.3) is 0 Å². The first-order chi connectivity index (χ1) is 10.0. The number of rotatable bonds is 3. The van der Waals surface area contributed by atoms with E-state index in [1.54, 1.807) is 5.57 Å². The molecule has 2 nitrogen and oxygen atoms in total. The van der Waals surface area contributed by atoms with Crippen LogP contribution in [0, 0.1) is 23.2 Å². The molecule has 1 heterocycles. The second-order valence-electron chi connectivity index (χ2n) is 7.64. The van der Waals surface area contributed by atoms with Crippen LogP contribution in [0.5, 0.6) is 0 Å². The Labute approximate surface area is 136 Å². The Morgan fingerprint density at radius 1 is 1.38 bits per heavy atom. The van der Waals surface area contributed by atoms with Gasteiger partial charge in [0.25, 0.3) is 0 Å². The van der Waals surface area contributed by atoms with Crippen molar-refractivity contribution in [3.8, 4) is 0 Å². The van der Waals surface area contributed by atoms with E-state index in [9.17, 15) is 4.79 Å². The van der Waals surface area contributed by atoms with Crippen LogP contribution in [-0.2, 0) is 9.53 Å². The summed E-state index contributed by atoms with van der Waals surface area (Å²) in [5.74, 6) is 2.21. The molecule has 0 aromatic heterocycles. The van der Waals surface area contributed by atoms with Crippen LogP contribution >= 0.6 is 15.9 Å². The molecule has 21 heavy (non-hydrogen) atoms. The molecule has 118 valence electrons. The second-order valence-corrected chi connectivity index (χ2v) is 8.10. The van der Waals surface area contributed by atoms with Gasteiger partial charge in [-0.05, 0) is 73.1 Å². The van der Waals surface area contributed by atoms with E-state index in [2.05, 4.69) is 34.8 Å². The summed E-state index contributed by atoms with van der Waals surface area (Å²) in [6.45, 7) is 4.90. The summed E-state index contributed by atoms with van der Waals surface area (Å²) in [5, 5.41) is 0. The number of carbonyl (C=O) groups excluding carboxylic acids is 1. The first kappa shape index (κ1) is 15.6. The summed E-state index contributed by atoms with van der Waals surface area (Å²) in [4.78, 5) is 13.5. The molecule has 2 unspecified atom stereocenters. The average molecular weight is 355 g/mol. The van der Waals surface area contributed by atoms with E-state index in [4.69, 9.17) is 4.74 Å². The molecule has 5 atom stereocenters. The van der Waals surface area contributed by atoms with E-state index >= 15 is 0 Å². The Morgan fingerprint density at radius 2 is 2.19 bits per heavy atom. The number of fused-ring (bicyclic) bond motifs is 1. The van der Waals surface area contributed by atoms with Gasteiger partial charge in [-0.1, -0.05) is 35.4 Å². The van der Waals surface area contributed by atoms with Gasteiger partial charge >= 0.3 is 5.97 Å². The van der Waals surface area contributed by atoms with Crippen LogP contribution in [-0.4, -0.2) is 12.1 Å². The van der Waals surface area contributed by atoms with Crippen molar-refractivity contribution >= 4 is 21.9 Å². The zero-order chi connectivity index (χ0) is 15.0. The number of carbonyl (C=O) groups is 1. The van der Waals surface area contributed by atoms with Crippen molar-refractivity contribution in [1.82, 2.24) is 0 Å². The average Bonchev–Trinajstić information content (AvgIpc) is 3.01. The molecule has 1 saturated heterocycles. The van der Waals surface area contributed by atoms with Gasteiger partial charge in [-0.2, -0.15) is 0 Å².